The summed E-state index contributed by atoms with van der Waals surface area (Å²) >= 11 is 0. The van der Waals surface area contributed by atoms with E-state index in [9.17, 15) is 8.42 Å². The maximum atomic E-state index is 12.9. The standard InChI is InChI=1S/C22H28N4O3S/c1-17-15-24-22(20-8-12-29-13-9-20)26(17)16-19-6-10-25(11-7-19)30(27,28)21-4-2-18(14-23)3-5-21/h2-5,15,19-20H,6-13,16H2,1H3. The SMILES string of the molecule is Cc1cnc(C2CCOCC2)n1CC1CCN(S(=O)(=O)c2ccc(C#N)cc2)CC1. The van der Waals surface area contributed by atoms with E-state index in [0.29, 0.717) is 30.5 Å². The topological polar surface area (TPSA) is 88.2 Å². The molecule has 160 valence electrons. The second kappa shape index (κ2) is 8.88. The first-order valence-electron chi connectivity index (χ1n) is 10.6. The minimum absolute atomic E-state index is 0.257. The summed E-state index contributed by atoms with van der Waals surface area (Å²) in [5, 5.41) is 8.91. The third kappa shape index (κ3) is 4.29. The number of aromatic nitrogens is 2. The summed E-state index contributed by atoms with van der Waals surface area (Å²) in [4.78, 5) is 4.95. The van der Waals surface area contributed by atoms with E-state index < -0.39 is 10.0 Å². The molecule has 2 saturated heterocycles. The summed E-state index contributed by atoms with van der Waals surface area (Å²) in [5.74, 6) is 2.04. The predicted molar refractivity (Wildman–Crippen MR) is 112 cm³/mol. The van der Waals surface area contributed by atoms with Crippen LogP contribution in [-0.4, -0.2) is 48.6 Å². The van der Waals surface area contributed by atoms with Gasteiger partial charge in [-0.3, -0.25) is 0 Å². The van der Waals surface area contributed by atoms with Crippen LogP contribution in [0.4, 0.5) is 0 Å². The number of nitrogens with zero attached hydrogens (tertiary/aromatic N) is 4. The number of piperidine rings is 1. The van der Waals surface area contributed by atoms with Crippen LogP contribution in [0.5, 0.6) is 0 Å². The highest BCUT2D eigenvalue weighted by atomic mass is 32.2. The summed E-state index contributed by atoms with van der Waals surface area (Å²) in [6, 6.07) is 8.18. The van der Waals surface area contributed by atoms with E-state index in [0.717, 1.165) is 51.3 Å². The molecule has 2 aromatic rings. The van der Waals surface area contributed by atoms with Crippen molar-refractivity contribution in [1.82, 2.24) is 13.9 Å². The number of sulfonamides is 1. The lowest BCUT2D eigenvalue weighted by Crippen LogP contribution is -2.39. The number of ether oxygens (including phenoxy) is 1. The lowest BCUT2D eigenvalue weighted by Gasteiger charge is -2.32. The Morgan fingerprint density at radius 2 is 1.80 bits per heavy atom. The van der Waals surface area contributed by atoms with E-state index in [1.165, 1.54) is 17.8 Å². The van der Waals surface area contributed by atoms with Crippen LogP contribution in [-0.2, 0) is 21.3 Å². The van der Waals surface area contributed by atoms with E-state index in [2.05, 4.69) is 11.5 Å². The number of imidazole rings is 1. The van der Waals surface area contributed by atoms with Crippen molar-refractivity contribution in [2.24, 2.45) is 5.92 Å². The van der Waals surface area contributed by atoms with Gasteiger partial charge in [-0.15, -0.1) is 0 Å². The van der Waals surface area contributed by atoms with Gasteiger partial charge in [0.05, 0.1) is 16.5 Å². The monoisotopic (exact) mass is 428 g/mol. The zero-order valence-electron chi connectivity index (χ0n) is 17.3. The molecule has 1 aromatic carbocycles. The average molecular weight is 429 g/mol. The average Bonchev–Trinajstić information content (AvgIpc) is 3.15. The zero-order valence-corrected chi connectivity index (χ0v) is 18.1. The van der Waals surface area contributed by atoms with Gasteiger partial charge in [-0.25, -0.2) is 13.4 Å². The number of hydrogen-bond donors (Lipinski definition) is 0. The first-order valence-corrected chi connectivity index (χ1v) is 12.0. The summed E-state index contributed by atoms with van der Waals surface area (Å²) in [6.45, 7) is 5.62. The number of aryl methyl sites for hydroxylation is 1. The van der Waals surface area contributed by atoms with Gasteiger partial charge < -0.3 is 9.30 Å². The summed E-state index contributed by atoms with van der Waals surface area (Å²) in [5.41, 5.74) is 1.63. The van der Waals surface area contributed by atoms with Gasteiger partial charge in [0.15, 0.2) is 0 Å². The van der Waals surface area contributed by atoms with E-state index in [1.54, 1.807) is 16.4 Å². The lowest BCUT2D eigenvalue weighted by atomic mass is 9.96. The van der Waals surface area contributed by atoms with Crippen LogP contribution < -0.4 is 0 Å². The summed E-state index contributed by atoms with van der Waals surface area (Å²) < 4.78 is 35.3. The van der Waals surface area contributed by atoms with Crippen molar-refractivity contribution in [2.45, 2.75) is 50.0 Å². The minimum Gasteiger partial charge on any atom is -0.381 e. The van der Waals surface area contributed by atoms with E-state index >= 15 is 0 Å². The summed E-state index contributed by atoms with van der Waals surface area (Å²) in [7, 11) is -3.52. The van der Waals surface area contributed by atoms with Crippen molar-refractivity contribution in [1.29, 1.82) is 5.26 Å². The molecule has 0 spiro atoms. The molecule has 2 fully saturated rings. The zero-order chi connectivity index (χ0) is 21.1. The summed E-state index contributed by atoms with van der Waals surface area (Å²) in [6.07, 6.45) is 5.64. The molecule has 1 aromatic heterocycles. The molecule has 0 N–H and O–H groups in total. The van der Waals surface area contributed by atoms with Gasteiger partial charge in [-0.2, -0.15) is 9.57 Å². The van der Waals surface area contributed by atoms with Gasteiger partial charge in [-0.05, 0) is 62.8 Å². The van der Waals surface area contributed by atoms with Crippen LogP contribution in [0, 0.1) is 24.2 Å². The maximum Gasteiger partial charge on any atom is 0.243 e. The first kappa shape index (κ1) is 21.0. The second-order valence-corrected chi connectivity index (χ2v) is 10.2. The van der Waals surface area contributed by atoms with Crippen molar-refractivity contribution in [2.75, 3.05) is 26.3 Å². The Kier molecular flexibility index (Phi) is 6.23. The quantitative estimate of drug-likeness (QED) is 0.730. The van der Waals surface area contributed by atoms with Crippen molar-refractivity contribution in [3.05, 3.63) is 47.5 Å². The van der Waals surface area contributed by atoms with Gasteiger partial charge >= 0.3 is 0 Å². The Balaban J connectivity index is 1.40. The van der Waals surface area contributed by atoms with E-state index in [1.807, 2.05) is 12.3 Å². The fraction of sp³-hybridized carbons (Fsp3) is 0.545. The molecule has 0 amide bonds. The Labute approximate surface area is 178 Å². The van der Waals surface area contributed by atoms with Crippen molar-refractivity contribution in [3.63, 3.8) is 0 Å². The van der Waals surface area contributed by atoms with Crippen LogP contribution in [0.25, 0.3) is 0 Å². The maximum absolute atomic E-state index is 12.9. The van der Waals surface area contributed by atoms with Crippen LogP contribution >= 0.6 is 0 Å². The van der Waals surface area contributed by atoms with E-state index in [-0.39, 0.29) is 4.90 Å². The highest BCUT2D eigenvalue weighted by Gasteiger charge is 2.30. The van der Waals surface area contributed by atoms with Gasteiger partial charge in [0.2, 0.25) is 10.0 Å². The third-order valence-electron chi connectivity index (χ3n) is 6.31. The molecule has 0 aliphatic carbocycles. The fourth-order valence-electron chi connectivity index (χ4n) is 4.44. The molecule has 0 radical (unpaired) electrons. The number of benzene rings is 1. The molecule has 4 rings (SSSR count). The lowest BCUT2D eigenvalue weighted by molar-refractivity contribution is 0.0824. The molecular weight excluding hydrogens is 400 g/mol. The largest absolute Gasteiger partial charge is 0.381 e. The smallest absolute Gasteiger partial charge is 0.243 e. The second-order valence-electron chi connectivity index (χ2n) is 8.24. The van der Waals surface area contributed by atoms with Gasteiger partial charge in [0.25, 0.3) is 0 Å². The molecule has 30 heavy (non-hydrogen) atoms. The fourth-order valence-corrected chi connectivity index (χ4v) is 5.91. The Bertz CT molecular complexity index is 1010. The number of nitriles is 1. The third-order valence-corrected chi connectivity index (χ3v) is 8.22. The normalized spacial score (nSPS) is 19.6. The van der Waals surface area contributed by atoms with Crippen molar-refractivity contribution < 1.29 is 13.2 Å². The van der Waals surface area contributed by atoms with Crippen molar-refractivity contribution in [3.8, 4) is 6.07 Å². The highest BCUT2D eigenvalue weighted by Crippen LogP contribution is 2.30. The Morgan fingerprint density at radius 3 is 2.43 bits per heavy atom. The molecule has 8 heteroatoms. The molecule has 0 bridgehead atoms. The molecule has 3 heterocycles. The Hall–Kier alpha value is -2.21. The van der Waals surface area contributed by atoms with E-state index in [4.69, 9.17) is 15.0 Å². The molecule has 2 aliphatic rings. The molecular formula is C22H28N4O3S. The van der Waals surface area contributed by atoms with Gasteiger partial charge in [0, 0.05) is 50.7 Å². The van der Waals surface area contributed by atoms with Crippen molar-refractivity contribution >= 4 is 10.0 Å². The molecule has 2 aliphatic heterocycles. The predicted octanol–water partition coefficient (Wildman–Crippen LogP) is 3.06. The first-order chi connectivity index (χ1) is 14.5. The van der Waals surface area contributed by atoms with Crippen LogP contribution in [0.2, 0.25) is 0 Å². The number of rotatable bonds is 5. The van der Waals surface area contributed by atoms with Crippen LogP contribution in [0.15, 0.2) is 35.4 Å². The molecule has 7 nitrogen and oxygen atoms in total. The molecule has 0 unspecified atom stereocenters. The van der Waals surface area contributed by atoms with Crippen LogP contribution in [0.1, 0.15) is 48.7 Å². The molecule has 0 saturated carbocycles. The Morgan fingerprint density at radius 1 is 1.13 bits per heavy atom. The number of hydrogen-bond acceptors (Lipinski definition) is 5. The highest BCUT2D eigenvalue weighted by molar-refractivity contribution is 7.89. The minimum atomic E-state index is -3.52. The van der Waals surface area contributed by atoms with Gasteiger partial charge in [0.1, 0.15) is 5.82 Å². The molecule has 0 atom stereocenters. The van der Waals surface area contributed by atoms with Crippen LogP contribution in [0.3, 0.4) is 0 Å². The van der Waals surface area contributed by atoms with Gasteiger partial charge in [-0.1, -0.05) is 0 Å².